The van der Waals surface area contributed by atoms with Crippen LogP contribution in [-0.2, 0) is 0 Å². The summed E-state index contributed by atoms with van der Waals surface area (Å²) in [5, 5.41) is 13.2. The number of carboxylic acids is 1. The third kappa shape index (κ3) is 3.78. The largest absolute Gasteiger partial charge is 0.478 e. The first-order valence-electron chi connectivity index (χ1n) is 7.04. The maximum absolute atomic E-state index is 11.6. The third-order valence-electron chi connectivity index (χ3n) is 3.21. The highest BCUT2D eigenvalue weighted by Gasteiger charge is 2.12. The zero-order chi connectivity index (χ0) is 17.8. The maximum atomic E-state index is 11.6. The summed E-state index contributed by atoms with van der Waals surface area (Å²) in [5.74, 6) is -0.690. The minimum absolute atomic E-state index is 0.0942. The zero-order valence-electron chi connectivity index (χ0n) is 12.6. The molecule has 1 amide bonds. The lowest BCUT2D eigenvalue weighted by atomic mass is 10.1. The molecule has 2 heterocycles. The van der Waals surface area contributed by atoms with Crippen LogP contribution in [0.4, 0.5) is 0 Å². The Morgan fingerprint density at radius 2 is 2.04 bits per heavy atom. The smallest absolute Gasteiger partial charge is 0.335 e. The summed E-state index contributed by atoms with van der Waals surface area (Å²) in [6.45, 7) is 0. The van der Waals surface area contributed by atoms with Gasteiger partial charge in [0.1, 0.15) is 11.5 Å². The van der Waals surface area contributed by atoms with E-state index in [1.54, 1.807) is 18.2 Å². The van der Waals surface area contributed by atoms with E-state index in [0.717, 1.165) is 0 Å². The second-order valence-corrected chi connectivity index (χ2v) is 5.29. The van der Waals surface area contributed by atoms with Gasteiger partial charge < -0.3 is 13.9 Å². The van der Waals surface area contributed by atoms with Crippen LogP contribution in [0.5, 0.6) is 0 Å². The van der Waals surface area contributed by atoms with Crippen LogP contribution < -0.4 is 5.43 Å². The Balaban J connectivity index is 1.74. The van der Waals surface area contributed by atoms with Crippen molar-refractivity contribution >= 4 is 29.7 Å². The molecular weight excluding hydrogens is 348 g/mol. The van der Waals surface area contributed by atoms with Gasteiger partial charge in [-0.15, -0.1) is 0 Å². The molecule has 126 valence electrons. The van der Waals surface area contributed by atoms with E-state index in [1.165, 1.54) is 36.7 Å². The van der Waals surface area contributed by atoms with Crippen molar-refractivity contribution in [2.24, 2.45) is 5.10 Å². The normalized spacial score (nSPS) is 10.9. The van der Waals surface area contributed by atoms with Gasteiger partial charge in [0.05, 0.1) is 23.1 Å². The molecule has 0 aliphatic rings. The maximum Gasteiger partial charge on any atom is 0.335 e. The standard InChI is InChI=1S/C17H11ClN2O5/c18-13-5-3-10(17(22)23)8-12(13)14-6-4-11(25-14)9-19-20-16(21)15-2-1-7-24-15/h1-9H,(H,20,21)(H,22,23)/b19-9+. The summed E-state index contributed by atoms with van der Waals surface area (Å²) in [6.07, 6.45) is 2.69. The molecular formula is C17H11ClN2O5. The number of nitrogens with zero attached hydrogens (tertiary/aromatic N) is 1. The summed E-state index contributed by atoms with van der Waals surface area (Å²) in [6, 6.07) is 10.6. The van der Waals surface area contributed by atoms with Crippen LogP contribution in [-0.4, -0.2) is 23.2 Å². The highest BCUT2D eigenvalue weighted by Crippen LogP contribution is 2.30. The number of benzene rings is 1. The van der Waals surface area contributed by atoms with E-state index in [2.05, 4.69) is 10.5 Å². The lowest BCUT2D eigenvalue weighted by Gasteiger charge is -2.02. The molecule has 0 radical (unpaired) electrons. The molecule has 8 heteroatoms. The number of hydrogen-bond acceptors (Lipinski definition) is 5. The monoisotopic (exact) mass is 358 g/mol. The minimum atomic E-state index is -1.06. The number of carbonyl (C=O) groups excluding carboxylic acids is 1. The third-order valence-corrected chi connectivity index (χ3v) is 3.54. The van der Waals surface area contributed by atoms with Gasteiger partial charge in [-0.2, -0.15) is 5.10 Å². The number of hydrazone groups is 1. The van der Waals surface area contributed by atoms with Gasteiger partial charge in [-0.05, 0) is 42.5 Å². The van der Waals surface area contributed by atoms with Gasteiger partial charge in [0.25, 0.3) is 0 Å². The number of furan rings is 2. The molecule has 1 aromatic carbocycles. The second-order valence-electron chi connectivity index (χ2n) is 4.88. The number of halogens is 1. The molecule has 0 unspecified atom stereocenters. The van der Waals surface area contributed by atoms with Gasteiger partial charge >= 0.3 is 11.9 Å². The highest BCUT2D eigenvalue weighted by atomic mass is 35.5. The molecule has 0 bridgehead atoms. The fourth-order valence-corrected chi connectivity index (χ4v) is 2.24. The van der Waals surface area contributed by atoms with E-state index in [1.807, 2.05) is 0 Å². The van der Waals surface area contributed by atoms with E-state index >= 15 is 0 Å². The van der Waals surface area contributed by atoms with Crippen LogP contribution in [0.2, 0.25) is 5.02 Å². The highest BCUT2D eigenvalue weighted by molar-refractivity contribution is 6.33. The van der Waals surface area contributed by atoms with Crippen LogP contribution >= 0.6 is 11.6 Å². The molecule has 2 aromatic heterocycles. The first-order valence-corrected chi connectivity index (χ1v) is 7.42. The average molecular weight is 359 g/mol. The van der Waals surface area contributed by atoms with Crippen LogP contribution in [0.3, 0.4) is 0 Å². The Labute approximate surface area is 146 Å². The first kappa shape index (κ1) is 16.5. The average Bonchev–Trinajstić information content (AvgIpc) is 3.27. The molecule has 25 heavy (non-hydrogen) atoms. The first-order chi connectivity index (χ1) is 12.0. The van der Waals surface area contributed by atoms with Gasteiger partial charge in [-0.3, -0.25) is 4.79 Å². The summed E-state index contributed by atoms with van der Waals surface area (Å²) in [5.41, 5.74) is 2.83. The molecule has 3 rings (SSSR count). The van der Waals surface area contributed by atoms with Crippen LogP contribution in [0.15, 0.2) is 62.7 Å². The van der Waals surface area contributed by atoms with Gasteiger partial charge in [0.15, 0.2) is 5.76 Å². The molecule has 0 saturated carbocycles. The number of carbonyl (C=O) groups is 2. The Morgan fingerprint density at radius 1 is 1.20 bits per heavy atom. The van der Waals surface area contributed by atoms with E-state index in [-0.39, 0.29) is 11.3 Å². The molecule has 0 atom stereocenters. The lowest BCUT2D eigenvalue weighted by Crippen LogP contribution is -2.16. The second kappa shape index (κ2) is 7.06. The van der Waals surface area contributed by atoms with Crippen molar-refractivity contribution in [1.82, 2.24) is 5.43 Å². The number of nitrogens with one attached hydrogen (secondary N) is 1. The fourth-order valence-electron chi connectivity index (χ4n) is 2.03. The van der Waals surface area contributed by atoms with Crippen molar-refractivity contribution in [2.45, 2.75) is 0 Å². The van der Waals surface area contributed by atoms with Gasteiger partial charge in [-0.1, -0.05) is 11.6 Å². The summed E-state index contributed by atoms with van der Waals surface area (Å²) < 4.78 is 10.5. The predicted octanol–water partition coefficient (Wildman–Crippen LogP) is 3.66. The SMILES string of the molecule is O=C(O)c1ccc(Cl)c(-c2ccc(/C=N/NC(=O)c3ccco3)o2)c1. The van der Waals surface area contributed by atoms with E-state index in [0.29, 0.717) is 22.1 Å². The lowest BCUT2D eigenvalue weighted by molar-refractivity contribution is 0.0696. The van der Waals surface area contributed by atoms with Gasteiger partial charge in [0.2, 0.25) is 0 Å². The molecule has 0 spiro atoms. The van der Waals surface area contributed by atoms with Gasteiger partial charge in [0, 0.05) is 5.56 Å². The van der Waals surface area contributed by atoms with Crippen molar-refractivity contribution in [3.8, 4) is 11.3 Å². The predicted molar refractivity (Wildman–Crippen MR) is 89.9 cm³/mol. The Kier molecular flexibility index (Phi) is 4.67. The Morgan fingerprint density at radius 3 is 2.76 bits per heavy atom. The zero-order valence-corrected chi connectivity index (χ0v) is 13.4. The number of aromatic carboxylic acids is 1. The van der Waals surface area contributed by atoms with Crippen LogP contribution in [0.25, 0.3) is 11.3 Å². The minimum Gasteiger partial charge on any atom is -0.478 e. The summed E-state index contributed by atoms with van der Waals surface area (Å²) in [7, 11) is 0. The molecule has 3 aromatic rings. The van der Waals surface area contributed by atoms with Crippen molar-refractivity contribution in [1.29, 1.82) is 0 Å². The number of amides is 1. The van der Waals surface area contributed by atoms with Crippen molar-refractivity contribution < 1.29 is 23.5 Å². The summed E-state index contributed by atoms with van der Waals surface area (Å²) >= 11 is 6.09. The van der Waals surface area contributed by atoms with E-state index in [4.69, 9.17) is 25.5 Å². The van der Waals surface area contributed by atoms with Crippen molar-refractivity contribution in [2.75, 3.05) is 0 Å². The van der Waals surface area contributed by atoms with Crippen molar-refractivity contribution in [3.63, 3.8) is 0 Å². The Bertz CT molecular complexity index is 944. The number of hydrogen-bond donors (Lipinski definition) is 2. The molecule has 7 nitrogen and oxygen atoms in total. The number of rotatable bonds is 5. The Hall–Kier alpha value is -3.32. The van der Waals surface area contributed by atoms with Gasteiger partial charge in [-0.25, -0.2) is 10.2 Å². The van der Waals surface area contributed by atoms with E-state index in [9.17, 15) is 9.59 Å². The quantitative estimate of drug-likeness (QED) is 0.535. The van der Waals surface area contributed by atoms with Crippen LogP contribution in [0.1, 0.15) is 26.7 Å². The fraction of sp³-hybridized carbons (Fsp3) is 0. The molecule has 0 aliphatic carbocycles. The van der Waals surface area contributed by atoms with Crippen LogP contribution in [0, 0.1) is 0 Å². The summed E-state index contributed by atoms with van der Waals surface area (Å²) in [4.78, 5) is 22.7. The van der Waals surface area contributed by atoms with E-state index < -0.39 is 11.9 Å². The number of carboxylic acid groups (broad SMARTS) is 1. The topological polar surface area (TPSA) is 105 Å². The van der Waals surface area contributed by atoms with Crippen molar-refractivity contribution in [3.05, 3.63) is 70.8 Å². The molecule has 0 saturated heterocycles. The molecule has 0 aliphatic heterocycles. The molecule has 2 N–H and O–H groups in total. The molecule has 0 fully saturated rings.